The first-order chi connectivity index (χ1) is 7.25. The van der Waals surface area contributed by atoms with E-state index in [0.717, 1.165) is 11.6 Å². The highest BCUT2D eigenvalue weighted by atomic mass is 35.5. The smallest absolute Gasteiger partial charge is 0.0585 e. The predicted molar refractivity (Wildman–Crippen MR) is 67.6 cm³/mol. The van der Waals surface area contributed by atoms with Crippen molar-refractivity contribution in [1.82, 2.24) is 9.88 Å². The summed E-state index contributed by atoms with van der Waals surface area (Å²) in [6.07, 6.45) is 4.54. The lowest BCUT2D eigenvalue weighted by atomic mass is 10.1. The van der Waals surface area contributed by atoms with Gasteiger partial charge in [0.1, 0.15) is 0 Å². The second-order valence-corrected chi connectivity index (χ2v) is 5.69. The Bertz CT molecular complexity index is 318. The molecule has 0 bridgehead atoms. The first kappa shape index (κ1) is 11.4. The van der Waals surface area contributed by atoms with Crippen molar-refractivity contribution >= 4 is 23.4 Å². The summed E-state index contributed by atoms with van der Waals surface area (Å²) in [5, 5.41) is 4.43. The quantitative estimate of drug-likeness (QED) is 0.881. The maximum atomic E-state index is 5.94. The summed E-state index contributed by atoms with van der Waals surface area (Å²) in [5.41, 5.74) is 1.26. The number of aromatic nitrogens is 1. The Morgan fingerprint density at radius 1 is 1.53 bits per heavy atom. The standard InChI is InChI=1S/C11H17ClN2S/c1-14-8-9(12)6-11(14)7-13-10-2-4-15-5-3-10/h6,8,10,13H,2-5,7H2,1H3. The summed E-state index contributed by atoms with van der Waals surface area (Å²) >= 11 is 8.00. The van der Waals surface area contributed by atoms with Crippen LogP contribution in [0.25, 0.3) is 0 Å². The van der Waals surface area contributed by atoms with Gasteiger partial charge in [-0.15, -0.1) is 0 Å². The highest BCUT2D eigenvalue weighted by molar-refractivity contribution is 7.99. The molecular formula is C11H17ClN2S. The molecule has 1 aliphatic heterocycles. The molecule has 1 aromatic rings. The van der Waals surface area contributed by atoms with Crippen LogP contribution < -0.4 is 5.32 Å². The van der Waals surface area contributed by atoms with Crippen molar-refractivity contribution in [2.75, 3.05) is 11.5 Å². The van der Waals surface area contributed by atoms with E-state index in [1.54, 1.807) is 0 Å². The van der Waals surface area contributed by atoms with Crippen molar-refractivity contribution in [2.24, 2.45) is 7.05 Å². The van der Waals surface area contributed by atoms with E-state index in [2.05, 4.69) is 21.6 Å². The maximum absolute atomic E-state index is 5.94. The Balaban J connectivity index is 1.84. The molecule has 2 rings (SSSR count). The molecule has 1 N–H and O–H groups in total. The number of rotatable bonds is 3. The second-order valence-electron chi connectivity index (χ2n) is 4.03. The SMILES string of the molecule is Cn1cc(Cl)cc1CNC1CCSCC1. The van der Waals surface area contributed by atoms with Gasteiger partial charge in [-0.2, -0.15) is 11.8 Å². The van der Waals surface area contributed by atoms with Gasteiger partial charge in [0.25, 0.3) is 0 Å². The van der Waals surface area contributed by atoms with E-state index < -0.39 is 0 Å². The van der Waals surface area contributed by atoms with E-state index in [1.807, 2.05) is 19.3 Å². The molecule has 0 aromatic carbocycles. The lowest BCUT2D eigenvalue weighted by Crippen LogP contribution is -2.32. The lowest BCUT2D eigenvalue weighted by molar-refractivity contribution is 0.474. The summed E-state index contributed by atoms with van der Waals surface area (Å²) in [4.78, 5) is 0. The van der Waals surface area contributed by atoms with Gasteiger partial charge in [0, 0.05) is 31.5 Å². The number of hydrogen-bond donors (Lipinski definition) is 1. The summed E-state index contributed by atoms with van der Waals surface area (Å²) in [6, 6.07) is 2.73. The van der Waals surface area contributed by atoms with E-state index in [9.17, 15) is 0 Å². The predicted octanol–water partition coefficient (Wildman–Crippen LogP) is 2.66. The van der Waals surface area contributed by atoms with E-state index in [1.165, 1.54) is 30.0 Å². The number of hydrogen-bond acceptors (Lipinski definition) is 2. The molecule has 15 heavy (non-hydrogen) atoms. The Kier molecular flexibility index (Phi) is 4.00. The number of nitrogens with zero attached hydrogens (tertiary/aromatic N) is 1. The zero-order valence-electron chi connectivity index (χ0n) is 9.00. The molecule has 0 atom stereocenters. The topological polar surface area (TPSA) is 17.0 Å². The normalized spacial score (nSPS) is 18.3. The number of thioether (sulfide) groups is 1. The number of aryl methyl sites for hydroxylation is 1. The van der Waals surface area contributed by atoms with Crippen LogP contribution in [-0.2, 0) is 13.6 Å². The highest BCUT2D eigenvalue weighted by Crippen LogP contribution is 2.18. The molecule has 0 radical (unpaired) electrons. The van der Waals surface area contributed by atoms with Crippen molar-refractivity contribution in [3.05, 3.63) is 23.0 Å². The fourth-order valence-electron chi connectivity index (χ4n) is 1.89. The fraction of sp³-hybridized carbons (Fsp3) is 0.636. The Morgan fingerprint density at radius 2 is 2.27 bits per heavy atom. The number of nitrogens with one attached hydrogen (secondary N) is 1. The van der Waals surface area contributed by atoms with Gasteiger partial charge in [-0.3, -0.25) is 0 Å². The molecule has 4 heteroatoms. The number of halogens is 1. The Morgan fingerprint density at radius 3 is 2.87 bits per heavy atom. The van der Waals surface area contributed by atoms with Crippen LogP contribution >= 0.6 is 23.4 Å². The van der Waals surface area contributed by atoms with Gasteiger partial charge in [0.15, 0.2) is 0 Å². The van der Waals surface area contributed by atoms with Gasteiger partial charge in [-0.1, -0.05) is 11.6 Å². The van der Waals surface area contributed by atoms with Crippen LogP contribution in [-0.4, -0.2) is 22.1 Å². The molecule has 2 heterocycles. The minimum atomic E-state index is 0.694. The molecule has 1 aliphatic rings. The molecule has 0 amide bonds. The minimum absolute atomic E-state index is 0.694. The molecule has 84 valence electrons. The molecule has 1 fully saturated rings. The lowest BCUT2D eigenvalue weighted by Gasteiger charge is -2.22. The second kappa shape index (κ2) is 5.28. The highest BCUT2D eigenvalue weighted by Gasteiger charge is 2.13. The van der Waals surface area contributed by atoms with Gasteiger partial charge >= 0.3 is 0 Å². The Labute approximate surface area is 100 Å². The molecule has 0 spiro atoms. The zero-order valence-corrected chi connectivity index (χ0v) is 10.6. The average Bonchev–Trinajstić information content (AvgIpc) is 2.56. The van der Waals surface area contributed by atoms with Crippen LogP contribution in [0.4, 0.5) is 0 Å². The van der Waals surface area contributed by atoms with E-state index in [-0.39, 0.29) is 0 Å². The van der Waals surface area contributed by atoms with Crippen molar-refractivity contribution in [3.63, 3.8) is 0 Å². The molecule has 0 aliphatic carbocycles. The van der Waals surface area contributed by atoms with Crippen LogP contribution in [0.1, 0.15) is 18.5 Å². The zero-order chi connectivity index (χ0) is 10.7. The van der Waals surface area contributed by atoms with Crippen LogP contribution in [0, 0.1) is 0 Å². The van der Waals surface area contributed by atoms with Gasteiger partial charge in [0.2, 0.25) is 0 Å². The molecular weight excluding hydrogens is 228 g/mol. The molecule has 0 unspecified atom stereocenters. The summed E-state index contributed by atoms with van der Waals surface area (Å²) in [6.45, 7) is 0.929. The first-order valence-electron chi connectivity index (χ1n) is 5.37. The minimum Gasteiger partial charge on any atom is -0.352 e. The Hall–Kier alpha value is -0.120. The largest absolute Gasteiger partial charge is 0.352 e. The van der Waals surface area contributed by atoms with Crippen LogP contribution in [0.2, 0.25) is 5.02 Å². The molecule has 2 nitrogen and oxygen atoms in total. The van der Waals surface area contributed by atoms with E-state index in [0.29, 0.717) is 6.04 Å². The van der Waals surface area contributed by atoms with Crippen molar-refractivity contribution < 1.29 is 0 Å². The molecule has 1 saturated heterocycles. The average molecular weight is 245 g/mol. The monoisotopic (exact) mass is 244 g/mol. The van der Waals surface area contributed by atoms with Crippen molar-refractivity contribution in [2.45, 2.75) is 25.4 Å². The summed E-state index contributed by atoms with van der Waals surface area (Å²) in [7, 11) is 2.04. The van der Waals surface area contributed by atoms with Gasteiger partial charge in [0.05, 0.1) is 5.02 Å². The first-order valence-corrected chi connectivity index (χ1v) is 6.91. The molecule has 0 saturated carbocycles. The van der Waals surface area contributed by atoms with Crippen LogP contribution in [0.5, 0.6) is 0 Å². The third-order valence-corrected chi connectivity index (χ3v) is 4.12. The van der Waals surface area contributed by atoms with Gasteiger partial charge in [-0.05, 0) is 30.4 Å². The fourth-order valence-corrected chi connectivity index (χ4v) is 3.27. The van der Waals surface area contributed by atoms with Gasteiger partial charge in [-0.25, -0.2) is 0 Å². The van der Waals surface area contributed by atoms with Crippen molar-refractivity contribution in [3.8, 4) is 0 Å². The third kappa shape index (κ3) is 3.16. The summed E-state index contributed by atoms with van der Waals surface area (Å²) < 4.78 is 2.09. The maximum Gasteiger partial charge on any atom is 0.0585 e. The summed E-state index contributed by atoms with van der Waals surface area (Å²) in [5.74, 6) is 2.59. The van der Waals surface area contributed by atoms with E-state index in [4.69, 9.17) is 11.6 Å². The van der Waals surface area contributed by atoms with Crippen LogP contribution in [0.15, 0.2) is 12.3 Å². The third-order valence-electron chi connectivity index (χ3n) is 2.87. The van der Waals surface area contributed by atoms with Crippen LogP contribution in [0.3, 0.4) is 0 Å². The van der Waals surface area contributed by atoms with Crippen molar-refractivity contribution in [1.29, 1.82) is 0 Å². The van der Waals surface area contributed by atoms with E-state index >= 15 is 0 Å². The van der Waals surface area contributed by atoms with Gasteiger partial charge < -0.3 is 9.88 Å². The molecule has 1 aromatic heterocycles.